The molecule has 2 aliphatic rings. The van der Waals surface area contributed by atoms with Gasteiger partial charge in [-0.1, -0.05) is 42.5 Å². The number of benzene rings is 2. The highest BCUT2D eigenvalue weighted by atomic mass is 14.7. The van der Waals surface area contributed by atoms with E-state index in [1.165, 1.54) is 66.3 Å². The largest absolute Gasteiger partial charge is 0.323 e. The Morgan fingerprint density at radius 3 is 2.62 bits per heavy atom. The number of hydrogen-bond acceptors (Lipinski definition) is 1. The lowest BCUT2D eigenvalue weighted by molar-refractivity contribution is 0.474. The van der Waals surface area contributed by atoms with Crippen LogP contribution in [0.2, 0.25) is 0 Å². The molecule has 1 heteroatoms. The van der Waals surface area contributed by atoms with Crippen molar-refractivity contribution in [2.24, 2.45) is 5.73 Å². The molecule has 108 valence electrons. The molecular weight excluding hydrogens is 254 g/mol. The van der Waals surface area contributed by atoms with Crippen molar-refractivity contribution in [3.05, 3.63) is 70.3 Å². The van der Waals surface area contributed by atoms with E-state index in [1.807, 2.05) is 0 Å². The van der Waals surface area contributed by atoms with Gasteiger partial charge in [0.15, 0.2) is 0 Å². The molecule has 0 radical (unpaired) electrons. The van der Waals surface area contributed by atoms with Crippen molar-refractivity contribution in [3.63, 3.8) is 0 Å². The topological polar surface area (TPSA) is 26.0 Å². The first-order valence-corrected chi connectivity index (χ1v) is 8.28. The van der Waals surface area contributed by atoms with Crippen molar-refractivity contribution in [2.75, 3.05) is 0 Å². The molecule has 0 bridgehead atoms. The zero-order valence-electron chi connectivity index (χ0n) is 12.5. The van der Waals surface area contributed by atoms with E-state index in [2.05, 4.69) is 42.5 Å². The fraction of sp³-hybridized carbons (Fsp3) is 0.400. The van der Waals surface area contributed by atoms with Gasteiger partial charge in [-0.25, -0.2) is 0 Å². The molecule has 0 fully saturated rings. The summed E-state index contributed by atoms with van der Waals surface area (Å²) in [6.07, 6.45) is 7.48. The number of nitrogens with two attached hydrogens (primary N) is 1. The van der Waals surface area contributed by atoms with E-state index in [1.54, 1.807) is 0 Å². The Morgan fingerprint density at radius 1 is 0.857 bits per heavy atom. The summed E-state index contributed by atoms with van der Waals surface area (Å²) in [6.45, 7) is 0. The molecule has 0 saturated heterocycles. The van der Waals surface area contributed by atoms with Crippen LogP contribution in [0.1, 0.15) is 59.0 Å². The van der Waals surface area contributed by atoms with E-state index in [4.69, 9.17) is 5.73 Å². The minimum atomic E-state index is 0.136. The van der Waals surface area contributed by atoms with Crippen LogP contribution in [-0.4, -0.2) is 0 Å². The van der Waals surface area contributed by atoms with Gasteiger partial charge in [0.1, 0.15) is 0 Å². The van der Waals surface area contributed by atoms with Crippen LogP contribution in [0.3, 0.4) is 0 Å². The third-order valence-corrected chi connectivity index (χ3v) is 5.36. The second-order valence-electron chi connectivity index (χ2n) is 6.61. The average Bonchev–Trinajstić information content (AvgIpc) is 3.01. The fourth-order valence-electron chi connectivity index (χ4n) is 4.20. The van der Waals surface area contributed by atoms with Gasteiger partial charge in [0.25, 0.3) is 0 Å². The molecule has 2 aliphatic carbocycles. The van der Waals surface area contributed by atoms with Gasteiger partial charge in [-0.15, -0.1) is 0 Å². The highest BCUT2D eigenvalue weighted by molar-refractivity contribution is 5.40. The predicted molar refractivity (Wildman–Crippen MR) is 87.5 cm³/mol. The molecule has 0 saturated carbocycles. The Bertz CT molecular complexity index is 659. The molecule has 2 aromatic rings. The molecule has 0 amide bonds. The van der Waals surface area contributed by atoms with Gasteiger partial charge < -0.3 is 5.73 Å². The summed E-state index contributed by atoms with van der Waals surface area (Å²) >= 11 is 0. The van der Waals surface area contributed by atoms with E-state index in [0.29, 0.717) is 5.92 Å². The molecule has 1 nitrogen and oxygen atoms in total. The quantitative estimate of drug-likeness (QED) is 0.870. The number of rotatable bonds is 2. The van der Waals surface area contributed by atoms with Gasteiger partial charge in [0.05, 0.1) is 0 Å². The van der Waals surface area contributed by atoms with Crippen molar-refractivity contribution < 1.29 is 0 Å². The summed E-state index contributed by atoms with van der Waals surface area (Å²) in [5.74, 6) is 0.481. The Kier molecular flexibility index (Phi) is 3.31. The molecule has 0 aromatic heterocycles. The zero-order chi connectivity index (χ0) is 14.2. The van der Waals surface area contributed by atoms with Crippen LogP contribution in [-0.2, 0) is 19.3 Å². The number of aryl methyl sites for hydroxylation is 3. The van der Waals surface area contributed by atoms with Gasteiger partial charge >= 0.3 is 0 Å². The molecule has 2 N–H and O–H groups in total. The summed E-state index contributed by atoms with van der Waals surface area (Å²) in [6, 6.07) is 16.0. The summed E-state index contributed by atoms with van der Waals surface area (Å²) in [4.78, 5) is 0. The summed E-state index contributed by atoms with van der Waals surface area (Å²) in [5.41, 5.74) is 14.1. The fourth-order valence-corrected chi connectivity index (χ4v) is 4.20. The van der Waals surface area contributed by atoms with E-state index in [0.717, 1.165) is 0 Å². The molecular formula is C20H23N. The highest BCUT2D eigenvalue weighted by Gasteiger charge is 2.27. The molecule has 21 heavy (non-hydrogen) atoms. The maximum Gasteiger partial charge on any atom is 0.0364 e. The van der Waals surface area contributed by atoms with Crippen LogP contribution >= 0.6 is 0 Å². The second-order valence-corrected chi connectivity index (χ2v) is 6.61. The summed E-state index contributed by atoms with van der Waals surface area (Å²) < 4.78 is 0. The summed E-state index contributed by atoms with van der Waals surface area (Å²) in [7, 11) is 0. The van der Waals surface area contributed by atoms with Gasteiger partial charge in [0, 0.05) is 12.0 Å². The smallest absolute Gasteiger partial charge is 0.0364 e. The average molecular weight is 277 g/mol. The second kappa shape index (κ2) is 5.31. The highest BCUT2D eigenvalue weighted by Crippen LogP contribution is 2.39. The molecule has 0 heterocycles. The van der Waals surface area contributed by atoms with E-state index in [-0.39, 0.29) is 6.04 Å². The Balaban J connectivity index is 1.68. The molecule has 2 aromatic carbocycles. The van der Waals surface area contributed by atoms with Crippen LogP contribution < -0.4 is 5.73 Å². The zero-order valence-corrected chi connectivity index (χ0v) is 12.5. The van der Waals surface area contributed by atoms with Crippen LogP contribution in [0.25, 0.3) is 0 Å². The van der Waals surface area contributed by atoms with Gasteiger partial charge in [-0.2, -0.15) is 0 Å². The standard InChI is InChI=1S/C20H23N/c21-20(17-12-11-14-6-3-8-16(14)13-17)19-10-4-7-15-5-1-2-9-18(15)19/h1-2,5,9,11-13,19-20H,3-4,6-8,10,21H2. The third kappa shape index (κ3) is 2.30. The number of fused-ring (bicyclic) bond motifs is 2. The lowest BCUT2D eigenvalue weighted by Crippen LogP contribution is -2.23. The van der Waals surface area contributed by atoms with Crippen LogP contribution in [0.4, 0.5) is 0 Å². The predicted octanol–water partition coefficient (Wildman–Crippen LogP) is 4.30. The van der Waals surface area contributed by atoms with Crippen LogP contribution in [0, 0.1) is 0 Å². The third-order valence-electron chi connectivity index (χ3n) is 5.36. The Labute approximate surface area is 127 Å². The van der Waals surface area contributed by atoms with E-state index < -0.39 is 0 Å². The lowest BCUT2D eigenvalue weighted by atomic mass is 9.77. The molecule has 2 unspecified atom stereocenters. The minimum absolute atomic E-state index is 0.136. The molecule has 0 aliphatic heterocycles. The Hall–Kier alpha value is -1.60. The Morgan fingerprint density at radius 2 is 1.67 bits per heavy atom. The van der Waals surface area contributed by atoms with Crippen molar-refractivity contribution in [1.29, 1.82) is 0 Å². The van der Waals surface area contributed by atoms with Crippen molar-refractivity contribution in [2.45, 2.75) is 50.5 Å². The maximum absolute atomic E-state index is 6.68. The maximum atomic E-state index is 6.68. The van der Waals surface area contributed by atoms with Crippen molar-refractivity contribution in [3.8, 4) is 0 Å². The first-order chi connectivity index (χ1) is 10.3. The monoisotopic (exact) mass is 277 g/mol. The number of hydrogen-bond donors (Lipinski definition) is 1. The minimum Gasteiger partial charge on any atom is -0.323 e. The van der Waals surface area contributed by atoms with Gasteiger partial charge in [0.2, 0.25) is 0 Å². The van der Waals surface area contributed by atoms with Gasteiger partial charge in [-0.05, 0) is 66.3 Å². The van der Waals surface area contributed by atoms with Crippen LogP contribution in [0.15, 0.2) is 42.5 Å². The summed E-state index contributed by atoms with van der Waals surface area (Å²) in [5, 5.41) is 0. The molecule has 2 atom stereocenters. The first kappa shape index (κ1) is 13.1. The van der Waals surface area contributed by atoms with E-state index in [9.17, 15) is 0 Å². The SMILES string of the molecule is NC(c1ccc2c(c1)CCC2)C1CCCc2ccccc21. The normalized spacial score (nSPS) is 21.7. The molecule has 4 rings (SSSR count). The van der Waals surface area contributed by atoms with E-state index >= 15 is 0 Å². The van der Waals surface area contributed by atoms with Crippen LogP contribution in [0.5, 0.6) is 0 Å². The van der Waals surface area contributed by atoms with Crippen molar-refractivity contribution >= 4 is 0 Å². The molecule has 0 spiro atoms. The van der Waals surface area contributed by atoms with Crippen molar-refractivity contribution in [1.82, 2.24) is 0 Å². The van der Waals surface area contributed by atoms with Gasteiger partial charge in [-0.3, -0.25) is 0 Å². The first-order valence-electron chi connectivity index (χ1n) is 8.28. The lowest BCUT2D eigenvalue weighted by Gasteiger charge is -2.30.